The monoisotopic (exact) mass is 376 g/mol. The van der Waals surface area contributed by atoms with E-state index in [4.69, 9.17) is 4.74 Å². The van der Waals surface area contributed by atoms with Crippen molar-refractivity contribution in [3.63, 3.8) is 0 Å². The third-order valence-corrected chi connectivity index (χ3v) is 4.24. The molecule has 3 rings (SSSR count). The van der Waals surface area contributed by atoms with E-state index in [-0.39, 0.29) is 5.91 Å². The van der Waals surface area contributed by atoms with Crippen LogP contribution >= 0.6 is 0 Å². The maximum absolute atomic E-state index is 12.6. The number of aryl methyl sites for hydroxylation is 2. The van der Waals surface area contributed by atoms with Gasteiger partial charge < -0.3 is 15.4 Å². The van der Waals surface area contributed by atoms with Crippen molar-refractivity contribution in [1.29, 1.82) is 0 Å². The highest BCUT2D eigenvalue weighted by Crippen LogP contribution is 2.18. The number of rotatable bonds is 7. The lowest BCUT2D eigenvalue weighted by Gasteiger charge is -2.11. The average Bonchev–Trinajstić information content (AvgIpc) is 2.68. The van der Waals surface area contributed by atoms with E-state index in [1.165, 1.54) is 0 Å². The fraction of sp³-hybridized carbons (Fsp3) is 0.227. The van der Waals surface area contributed by atoms with E-state index in [0.29, 0.717) is 23.9 Å². The van der Waals surface area contributed by atoms with E-state index in [1.54, 1.807) is 20.1 Å². The maximum atomic E-state index is 12.6. The minimum atomic E-state index is -0.260. The van der Waals surface area contributed by atoms with Crippen LogP contribution in [0.1, 0.15) is 27.4 Å². The van der Waals surface area contributed by atoms with Crippen LogP contribution in [0.2, 0.25) is 0 Å². The Kier molecular flexibility index (Phi) is 6.22. The van der Waals surface area contributed by atoms with Crippen LogP contribution in [0, 0.1) is 13.8 Å². The van der Waals surface area contributed by atoms with Gasteiger partial charge >= 0.3 is 0 Å². The van der Waals surface area contributed by atoms with Crippen LogP contribution in [0.15, 0.2) is 54.6 Å². The van der Waals surface area contributed by atoms with Gasteiger partial charge in [0.25, 0.3) is 5.91 Å². The number of hydrogen-bond donors (Lipinski definition) is 2. The predicted octanol–water partition coefficient (Wildman–Crippen LogP) is 4.01. The Morgan fingerprint density at radius 1 is 1.04 bits per heavy atom. The lowest BCUT2D eigenvalue weighted by Crippen LogP contribution is -2.16. The largest absolute Gasteiger partial charge is 0.496 e. The molecule has 1 amide bonds. The molecule has 0 saturated carbocycles. The highest BCUT2D eigenvalue weighted by atomic mass is 16.5. The molecule has 0 bridgehead atoms. The van der Waals surface area contributed by atoms with Gasteiger partial charge in [-0.3, -0.25) is 4.79 Å². The van der Waals surface area contributed by atoms with E-state index in [2.05, 4.69) is 20.6 Å². The van der Waals surface area contributed by atoms with Gasteiger partial charge in [0.1, 0.15) is 23.1 Å². The van der Waals surface area contributed by atoms with Crippen LogP contribution in [0.4, 0.5) is 11.5 Å². The van der Waals surface area contributed by atoms with Crippen LogP contribution in [-0.4, -0.2) is 29.5 Å². The van der Waals surface area contributed by atoms with Crippen molar-refractivity contribution in [2.45, 2.75) is 20.3 Å². The molecule has 28 heavy (non-hydrogen) atoms. The van der Waals surface area contributed by atoms with Crippen LogP contribution in [0.5, 0.6) is 5.75 Å². The summed E-state index contributed by atoms with van der Waals surface area (Å²) in [4.78, 5) is 21.2. The van der Waals surface area contributed by atoms with Gasteiger partial charge in [-0.15, -0.1) is 0 Å². The maximum Gasteiger partial charge on any atom is 0.274 e. The molecule has 144 valence electrons. The summed E-state index contributed by atoms with van der Waals surface area (Å²) in [5.41, 5.74) is 3.26. The SMILES string of the molecule is COc1ccccc1CCNc1cc(C(=O)Nc2cccc(C)c2)nc(C)n1. The van der Waals surface area contributed by atoms with Crippen LogP contribution in [0.25, 0.3) is 0 Å². The molecule has 0 aliphatic carbocycles. The highest BCUT2D eigenvalue weighted by molar-refractivity contribution is 6.03. The summed E-state index contributed by atoms with van der Waals surface area (Å²) in [6, 6.07) is 17.2. The van der Waals surface area contributed by atoms with Crippen molar-refractivity contribution in [3.05, 3.63) is 77.2 Å². The van der Waals surface area contributed by atoms with Gasteiger partial charge in [-0.25, -0.2) is 9.97 Å². The molecule has 0 spiro atoms. The molecular weight excluding hydrogens is 352 g/mol. The van der Waals surface area contributed by atoms with Crippen molar-refractivity contribution in [3.8, 4) is 5.75 Å². The van der Waals surface area contributed by atoms with Gasteiger partial charge in [-0.05, 0) is 49.6 Å². The third-order valence-electron chi connectivity index (χ3n) is 4.24. The Bertz CT molecular complexity index is 972. The topological polar surface area (TPSA) is 76.1 Å². The number of hydrogen-bond acceptors (Lipinski definition) is 5. The first-order chi connectivity index (χ1) is 13.5. The van der Waals surface area contributed by atoms with E-state index < -0.39 is 0 Å². The molecule has 0 atom stereocenters. The summed E-state index contributed by atoms with van der Waals surface area (Å²) in [6.07, 6.45) is 0.776. The molecule has 0 aliphatic rings. The molecule has 0 saturated heterocycles. The molecular formula is C22H24N4O2. The number of anilines is 2. The normalized spacial score (nSPS) is 10.4. The van der Waals surface area contributed by atoms with E-state index in [1.807, 2.05) is 55.5 Å². The lowest BCUT2D eigenvalue weighted by molar-refractivity contribution is 0.102. The highest BCUT2D eigenvalue weighted by Gasteiger charge is 2.11. The number of ether oxygens (including phenoxy) is 1. The Hall–Kier alpha value is -3.41. The van der Waals surface area contributed by atoms with E-state index in [0.717, 1.165) is 29.0 Å². The molecule has 0 fully saturated rings. The average molecular weight is 376 g/mol. The first-order valence-corrected chi connectivity index (χ1v) is 9.14. The van der Waals surface area contributed by atoms with Gasteiger partial charge in [0.05, 0.1) is 7.11 Å². The number of nitrogens with zero attached hydrogens (tertiary/aromatic N) is 2. The second kappa shape index (κ2) is 8.99. The summed E-state index contributed by atoms with van der Waals surface area (Å²) in [5.74, 6) is 1.76. The van der Waals surface area contributed by atoms with Gasteiger partial charge in [0.15, 0.2) is 0 Å². The molecule has 6 nitrogen and oxygen atoms in total. The van der Waals surface area contributed by atoms with Gasteiger partial charge in [-0.1, -0.05) is 30.3 Å². The smallest absolute Gasteiger partial charge is 0.274 e. The van der Waals surface area contributed by atoms with Crippen molar-refractivity contribution < 1.29 is 9.53 Å². The predicted molar refractivity (Wildman–Crippen MR) is 111 cm³/mol. The zero-order valence-corrected chi connectivity index (χ0v) is 16.3. The molecule has 2 N–H and O–H groups in total. The number of carbonyl (C=O) groups excluding carboxylic acids is 1. The number of methoxy groups -OCH3 is 1. The Morgan fingerprint density at radius 2 is 1.86 bits per heavy atom. The van der Waals surface area contributed by atoms with Crippen molar-refractivity contribution in [1.82, 2.24) is 9.97 Å². The second-order valence-corrected chi connectivity index (χ2v) is 6.50. The second-order valence-electron chi connectivity index (χ2n) is 6.50. The Morgan fingerprint density at radius 3 is 2.64 bits per heavy atom. The fourth-order valence-electron chi connectivity index (χ4n) is 2.93. The zero-order chi connectivity index (χ0) is 19.9. The van der Waals surface area contributed by atoms with Crippen molar-refractivity contribution in [2.75, 3.05) is 24.3 Å². The number of carbonyl (C=O) groups is 1. The molecule has 0 unspecified atom stereocenters. The van der Waals surface area contributed by atoms with E-state index in [9.17, 15) is 4.79 Å². The molecule has 3 aromatic rings. The minimum absolute atomic E-state index is 0.260. The molecule has 6 heteroatoms. The molecule has 1 aromatic heterocycles. The summed E-state index contributed by atoms with van der Waals surface area (Å²) in [7, 11) is 1.67. The Labute approximate surface area is 165 Å². The zero-order valence-electron chi connectivity index (χ0n) is 16.3. The molecule has 1 heterocycles. The van der Waals surface area contributed by atoms with E-state index >= 15 is 0 Å². The number of amides is 1. The summed E-state index contributed by atoms with van der Waals surface area (Å²) in [6.45, 7) is 4.42. The fourth-order valence-corrected chi connectivity index (χ4v) is 2.93. The standard InChI is InChI=1S/C22H24N4O2/c1-15-7-6-9-18(13-15)26-22(27)19-14-21(25-16(2)24-19)23-12-11-17-8-4-5-10-20(17)28-3/h4-10,13-14H,11-12H2,1-3H3,(H,26,27)(H,23,24,25). The number of para-hydroxylation sites is 1. The molecule has 0 aliphatic heterocycles. The first kappa shape index (κ1) is 19.4. The lowest BCUT2D eigenvalue weighted by atomic mass is 10.1. The van der Waals surface area contributed by atoms with Crippen LogP contribution in [0.3, 0.4) is 0 Å². The summed E-state index contributed by atoms with van der Waals surface area (Å²) < 4.78 is 5.38. The number of nitrogens with one attached hydrogen (secondary N) is 2. The third kappa shape index (κ3) is 5.07. The number of aromatic nitrogens is 2. The van der Waals surface area contributed by atoms with Gasteiger partial charge in [-0.2, -0.15) is 0 Å². The van der Waals surface area contributed by atoms with Crippen molar-refractivity contribution in [2.24, 2.45) is 0 Å². The number of benzene rings is 2. The minimum Gasteiger partial charge on any atom is -0.496 e. The van der Waals surface area contributed by atoms with Crippen LogP contribution in [-0.2, 0) is 6.42 Å². The summed E-state index contributed by atoms with van der Waals surface area (Å²) >= 11 is 0. The Balaban J connectivity index is 1.66. The van der Waals surface area contributed by atoms with Crippen LogP contribution < -0.4 is 15.4 Å². The van der Waals surface area contributed by atoms with Crippen molar-refractivity contribution >= 4 is 17.4 Å². The molecule has 0 radical (unpaired) electrons. The quantitative estimate of drug-likeness (QED) is 0.652. The van der Waals surface area contributed by atoms with Gasteiger partial charge in [0, 0.05) is 18.3 Å². The first-order valence-electron chi connectivity index (χ1n) is 9.14. The van der Waals surface area contributed by atoms with Gasteiger partial charge in [0.2, 0.25) is 0 Å². The molecule has 2 aromatic carbocycles. The summed E-state index contributed by atoms with van der Waals surface area (Å²) in [5, 5.41) is 6.14.